The summed E-state index contributed by atoms with van der Waals surface area (Å²) in [6, 6.07) is 19.7. The second-order valence-electron chi connectivity index (χ2n) is 5.79. The smallest absolute Gasteiger partial charge is 0.288 e. The van der Waals surface area contributed by atoms with Gasteiger partial charge < -0.3 is 15.1 Å². The molecule has 0 aliphatic rings. The minimum absolute atomic E-state index is 0.128. The second kappa shape index (κ2) is 9.34. The Morgan fingerprint density at radius 2 is 1.78 bits per heavy atom. The number of carbonyl (C=O) groups excluding carboxylic acids is 1. The third kappa shape index (κ3) is 5.67. The van der Waals surface area contributed by atoms with Gasteiger partial charge >= 0.3 is 0 Å². The van der Waals surface area contributed by atoms with Gasteiger partial charge in [0.05, 0.1) is 6.26 Å². The van der Waals surface area contributed by atoms with Crippen LogP contribution in [-0.4, -0.2) is 18.2 Å². The average molecular weight is 389 g/mol. The van der Waals surface area contributed by atoms with Gasteiger partial charge in [-0.15, -0.1) is 0 Å². The molecule has 7 heteroatoms. The highest BCUT2D eigenvalue weighted by Gasteiger charge is 2.21. The number of rotatable bonds is 8. The molecule has 3 N–H and O–H groups in total. The molecule has 0 spiro atoms. The molecule has 140 valence electrons. The predicted molar refractivity (Wildman–Crippen MR) is 101 cm³/mol. The number of nitrogens with two attached hydrogens (primary N) is 1. The molecule has 1 atom stereocenters. The van der Waals surface area contributed by atoms with Gasteiger partial charge in [-0.25, -0.2) is 0 Å². The Labute approximate surface area is 160 Å². The summed E-state index contributed by atoms with van der Waals surface area (Å²) in [5.41, 5.74) is 1.61. The lowest BCUT2D eigenvalue weighted by molar-refractivity contribution is -0.678. The minimum Gasteiger partial charge on any atom is -0.463 e. The zero-order chi connectivity index (χ0) is 19.1. The van der Waals surface area contributed by atoms with E-state index >= 15 is 0 Å². The van der Waals surface area contributed by atoms with Crippen molar-refractivity contribution < 1.29 is 23.3 Å². The molecule has 0 unspecified atom stereocenters. The van der Waals surface area contributed by atoms with Crippen LogP contribution < -0.4 is 10.6 Å². The maximum atomic E-state index is 12.3. The van der Waals surface area contributed by atoms with Crippen LogP contribution in [0.25, 0.3) is 0 Å². The highest BCUT2D eigenvalue weighted by Crippen LogP contribution is 2.26. The molecule has 27 heavy (non-hydrogen) atoms. The third-order valence-corrected chi connectivity index (χ3v) is 4.63. The van der Waals surface area contributed by atoms with Gasteiger partial charge in [0.15, 0.2) is 18.3 Å². The van der Waals surface area contributed by atoms with Crippen LogP contribution in [0.2, 0.25) is 0 Å². The molecule has 1 heterocycles. The number of halogens is 2. The zero-order valence-electron chi connectivity index (χ0n) is 14.3. The van der Waals surface area contributed by atoms with Crippen LogP contribution in [0, 0.1) is 0 Å². The van der Waals surface area contributed by atoms with Gasteiger partial charge in [-0.2, -0.15) is 8.78 Å². The fraction of sp³-hybridized carbons (Fsp3) is 0.150. The van der Waals surface area contributed by atoms with Gasteiger partial charge in [-0.3, -0.25) is 4.79 Å². The van der Waals surface area contributed by atoms with E-state index in [4.69, 9.17) is 4.42 Å². The van der Waals surface area contributed by atoms with E-state index in [0.717, 1.165) is 11.3 Å². The van der Waals surface area contributed by atoms with E-state index < -0.39 is 5.76 Å². The first-order valence-corrected chi connectivity index (χ1v) is 9.26. The van der Waals surface area contributed by atoms with Crippen LogP contribution >= 0.6 is 11.8 Å². The van der Waals surface area contributed by atoms with Gasteiger partial charge in [0.1, 0.15) is 0 Å². The predicted octanol–water partition coefficient (Wildman–Crippen LogP) is 3.89. The molecule has 1 amide bonds. The molecule has 2 aromatic carbocycles. The lowest BCUT2D eigenvalue weighted by atomic mass is 10.0. The van der Waals surface area contributed by atoms with Crippen molar-refractivity contribution in [2.45, 2.75) is 16.7 Å². The Balaban J connectivity index is 1.59. The van der Waals surface area contributed by atoms with Crippen molar-refractivity contribution in [1.29, 1.82) is 0 Å². The number of furan rings is 1. The van der Waals surface area contributed by atoms with Crippen molar-refractivity contribution in [3.8, 4) is 0 Å². The van der Waals surface area contributed by atoms with Crippen molar-refractivity contribution >= 4 is 23.4 Å². The Bertz CT molecular complexity index is 840. The Hall–Kier alpha value is -2.64. The fourth-order valence-corrected chi connectivity index (χ4v) is 3.20. The molecule has 0 saturated carbocycles. The fourth-order valence-electron chi connectivity index (χ4n) is 2.70. The largest absolute Gasteiger partial charge is 0.463 e. The molecular weight excluding hydrogens is 370 g/mol. The lowest BCUT2D eigenvalue weighted by Gasteiger charge is -2.14. The van der Waals surface area contributed by atoms with Gasteiger partial charge in [-0.1, -0.05) is 42.1 Å². The molecule has 0 saturated heterocycles. The monoisotopic (exact) mass is 389 g/mol. The molecular formula is C20H19F2N2O2S+. The van der Waals surface area contributed by atoms with Gasteiger partial charge in [0, 0.05) is 16.1 Å². The van der Waals surface area contributed by atoms with Gasteiger partial charge in [0.25, 0.3) is 11.7 Å². The summed E-state index contributed by atoms with van der Waals surface area (Å²) < 4.78 is 30.2. The van der Waals surface area contributed by atoms with Crippen molar-refractivity contribution in [3.05, 3.63) is 84.3 Å². The first-order chi connectivity index (χ1) is 13.1. The van der Waals surface area contributed by atoms with Gasteiger partial charge in [0.2, 0.25) is 0 Å². The first kappa shape index (κ1) is 19.1. The highest BCUT2D eigenvalue weighted by atomic mass is 32.2. The number of hydrogen-bond acceptors (Lipinski definition) is 3. The van der Waals surface area contributed by atoms with Crippen molar-refractivity contribution in [3.63, 3.8) is 0 Å². The Morgan fingerprint density at radius 3 is 2.41 bits per heavy atom. The van der Waals surface area contributed by atoms with Crippen LogP contribution in [-0.2, 0) is 4.79 Å². The Morgan fingerprint density at radius 1 is 1.04 bits per heavy atom. The summed E-state index contributed by atoms with van der Waals surface area (Å²) in [4.78, 5) is 12.7. The van der Waals surface area contributed by atoms with E-state index in [-0.39, 0.29) is 18.5 Å². The molecule has 0 aliphatic heterocycles. The number of nitrogens with one attached hydrogen (secondary N) is 1. The number of hydrogen-bond donors (Lipinski definition) is 2. The second-order valence-corrected chi connectivity index (χ2v) is 6.86. The number of quaternary nitrogens is 1. The molecule has 0 bridgehead atoms. The van der Waals surface area contributed by atoms with Crippen LogP contribution in [0.15, 0.2) is 82.3 Å². The van der Waals surface area contributed by atoms with E-state index in [0.29, 0.717) is 22.3 Å². The molecule has 0 radical (unpaired) electrons. The zero-order valence-corrected chi connectivity index (χ0v) is 15.2. The number of alkyl halides is 2. The summed E-state index contributed by atoms with van der Waals surface area (Å²) >= 11 is 0.474. The van der Waals surface area contributed by atoms with Crippen LogP contribution in [0.1, 0.15) is 17.4 Å². The standard InChI is InChI=1S/C20H18F2N2O2S/c21-20(22)27-16-10-8-15(9-11-16)24-18(25)13-23-19(17-7-4-12-26-17)14-5-2-1-3-6-14/h1-12,19-20,23H,13H2,(H,24,25)/p+1/t19-/m1/s1. The maximum absolute atomic E-state index is 12.3. The summed E-state index contributed by atoms with van der Waals surface area (Å²) in [5.74, 6) is -1.88. The number of benzene rings is 2. The quantitative estimate of drug-likeness (QED) is 0.575. The number of amides is 1. The number of anilines is 1. The molecule has 0 fully saturated rings. The van der Waals surface area contributed by atoms with E-state index in [9.17, 15) is 13.6 Å². The van der Waals surface area contributed by atoms with E-state index in [1.807, 2.05) is 47.8 Å². The molecule has 1 aromatic heterocycles. The van der Waals surface area contributed by atoms with E-state index in [1.54, 1.807) is 30.5 Å². The summed E-state index contributed by atoms with van der Waals surface area (Å²) in [7, 11) is 0. The third-order valence-electron chi connectivity index (χ3n) is 3.91. The summed E-state index contributed by atoms with van der Waals surface area (Å²) in [6.07, 6.45) is 1.61. The summed E-state index contributed by atoms with van der Waals surface area (Å²) in [5, 5.41) is 4.67. The van der Waals surface area contributed by atoms with Crippen molar-refractivity contribution in [1.82, 2.24) is 0 Å². The number of thioether (sulfide) groups is 1. The van der Waals surface area contributed by atoms with Crippen LogP contribution in [0.3, 0.4) is 0 Å². The lowest BCUT2D eigenvalue weighted by Crippen LogP contribution is -2.87. The highest BCUT2D eigenvalue weighted by molar-refractivity contribution is 7.99. The maximum Gasteiger partial charge on any atom is 0.288 e. The first-order valence-electron chi connectivity index (χ1n) is 8.38. The van der Waals surface area contributed by atoms with E-state index in [2.05, 4.69) is 5.32 Å². The minimum atomic E-state index is -2.46. The SMILES string of the molecule is O=C(C[NH2+][C@H](c1ccccc1)c1ccco1)Nc1ccc(SC(F)F)cc1. The average Bonchev–Trinajstić information content (AvgIpc) is 3.18. The number of carbonyl (C=O) groups is 1. The summed E-state index contributed by atoms with van der Waals surface area (Å²) in [6.45, 7) is 0.188. The molecule has 3 rings (SSSR count). The van der Waals surface area contributed by atoms with Crippen molar-refractivity contribution in [2.75, 3.05) is 11.9 Å². The topological polar surface area (TPSA) is 58.9 Å². The normalized spacial score (nSPS) is 12.1. The molecule has 3 aromatic rings. The van der Waals surface area contributed by atoms with Crippen molar-refractivity contribution in [2.24, 2.45) is 0 Å². The van der Waals surface area contributed by atoms with Gasteiger partial charge in [-0.05, 0) is 36.4 Å². The van der Waals surface area contributed by atoms with E-state index in [1.165, 1.54) is 0 Å². The van der Waals surface area contributed by atoms with Crippen LogP contribution in [0.5, 0.6) is 0 Å². The molecule has 0 aliphatic carbocycles. The Kier molecular flexibility index (Phi) is 6.62. The molecule has 4 nitrogen and oxygen atoms in total. The van der Waals surface area contributed by atoms with Crippen LogP contribution in [0.4, 0.5) is 14.5 Å².